The highest BCUT2D eigenvalue weighted by atomic mass is 35.5. The van der Waals surface area contributed by atoms with Crippen molar-refractivity contribution in [1.29, 1.82) is 0 Å². The third-order valence-corrected chi connectivity index (χ3v) is 12.5. The first-order valence-electron chi connectivity index (χ1n) is 19.9. The summed E-state index contributed by atoms with van der Waals surface area (Å²) in [5, 5.41) is 41.4. The van der Waals surface area contributed by atoms with Crippen LogP contribution in [0, 0.1) is 17.8 Å². The summed E-state index contributed by atoms with van der Waals surface area (Å²) in [6.45, 7) is 14.3. The van der Waals surface area contributed by atoms with E-state index >= 15 is 0 Å². The molecule has 0 aromatic heterocycles. The molecule has 0 spiro atoms. The lowest BCUT2D eigenvalue weighted by molar-refractivity contribution is -0.0608. The molecular weight excluding hydrogens is 743 g/mol. The molecule has 0 amide bonds. The lowest BCUT2D eigenvalue weighted by Crippen LogP contribution is -2.45. The van der Waals surface area contributed by atoms with Crippen LogP contribution in [0.5, 0.6) is 11.5 Å². The predicted molar refractivity (Wildman–Crippen MR) is 228 cm³/mol. The van der Waals surface area contributed by atoms with Gasteiger partial charge in [0, 0.05) is 21.9 Å². The van der Waals surface area contributed by atoms with Crippen LogP contribution in [0.2, 0.25) is 10.0 Å². The molecule has 0 unspecified atom stereocenters. The third-order valence-electron chi connectivity index (χ3n) is 11.7. The lowest BCUT2D eigenvalue weighted by Gasteiger charge is -2.38. The molecule has 0 bridgehead atoms. The molecule has 2 aliphatic carbocycles. The van der Waals surface area contributed by atoms with Gasteiger partial charge in [0.1, 0.15) is 23.7 Å². The molecule has 2 aliphatic rings. The van der Waals surface area contributed by atoms with Crippen LogP contribution in [0.15, 0.2) is 108 Å². The van der Waals surface area contributed by atoms with Gasteiger partial charge < -0.3 is 29.9 Å². The molecule has 0 saturated heterocycles. The normalized spacial score (nSPS) is 24.7. The Kier molecular flexibility index (Phi) is 15.7. The van der Waals surface area contributed by atoms with Crippen molar-refractivity contribution < 1.29 is 29.9 Å². The quantitative estimate of drug-likeness (QED) is 0.107. The molecule has 6 nitrogen and oxygen atoms in total. The average Bonchev–Trinajstić information content (AvgIpc) is 3.20. The van der Waals surface area contributed by atoms with E-state index in [0.29, 0.717) is 53.9 Å². The van der Waals surface area contributed by atoms with E-state index in [2.05, 4.69) is 64.1 Å². The summed E-state index contributed by atoms with van der Waals surface area (Å²) < 4.78 is 11.0. The first kappa shape index (κ1) is 43.5. The minimum absolute atomic E-state index is 0.297. The number of hydrogen-bond donors (Lipinski definition) is 4. The number of ether oxygens (including phenoxy) is 2. The van der Waals surface area contributed by atoms with Crippen molar-refractivity contribution in [2.75, 3.05) is 19.8 Å². The second kappa shape index (κ2) is 20.2. The minimum atomic E-state index is -1.36. The Bertz CT molecular complexity index is 1800. The summed E-state index contributed by atoms with van der Waals surface area (Å²) in [6.07, 6.45) is 2.92. The SMILES string of the molecule is CCOc1ccc(Cc2cc([C@@H]3C=C(CC)[C@@H](C)[C@H](C)[C@H]3C)ccc2Cl)cc1.CCOc1ccc(Cc2cc([C@@H]3C=C(CO)[C@@H](O)[C@H](O)[C@H]3O)ccc2Cl)cc1. The van der Waals surface area contributed by atoms with Crippen molar-refractivity contribution >= 4 is 23.2 Å². The maximum atomic E-state index is 10.4. The van der Waals surface area contributed by atoms with Crippen LogP contribution in [0.1, 0.15) is 93.2 Å². The molecular formula is C48H58Cl2O6. The number of halogens is 2. The van der Waals surface area contributed by atoms with Crippen molar-refractivity contribution in [2.24, 2.45) is 17.8 Å². The van der Waals surface area contributed by atoms with Gasteiger partial charge in [0.05, 0.1) is 25.9 Å². The monoisotopic (exact) mass is 800 g/mol. The highest BCUT2D eigenvalue weighted by Gasteiger charge is 2.38. The molecule has 4 aromatic rings. The molecule has 8 atom stereocenters. The predicted octanol–water partition coefficient (Wildman–Crippen LogP) is 10.1. The first-order valence-corrected chi connectivity index (χ1v) is 20.7. The van der Waals surface area contributed by atoms with E-state index in [1.807, 2.05) is 56.3 Å². The molecule has 0 aliphatic heterocycles. The van der Waals surface area contributed by atoms with Crippen molar-refractivity contribution in [2.45, 2.75) is 91.0 Å². The average molecular weight is 802 g/mol. The Morgan fingerprint density at radius 2 is 1.04 bits per heavy atom. The van der Waals surface area contributed by atoms with Crippen molar-refractivity contribution in [3.8, 4) is 11.5 Å². The van der Waals surface area contributed by atoms with Crippen LogP contribution < -0.4 is 9.47 Å². The van der Waals surface area contributed by atoms with E-state index in [1.54, 1.807) is 23.8 Å². The summed E-state index contributed by atoms with van der Waals surface area (Å²) in [6, 6.07) is 28.2. The Labute approximate surface area is 343 Å². The molecule has 4 N–H and O–H groups in total. The number of aliphatic hydroxyl groups excluding tert-OH is 4. The molecule has 0 radical (unpaired) electrons. The molecule has 0 heterocycles. The fraction of sp³-hybridized carbons (Fsp3) is 0.417. The fourth-order valence-electron chi connectivity index (χ4n) is 8.04. The largest absolute Gasteiger partial charge is 0.494 e. The van der Waals surface area contributed by atoms with Gasteiger partial charge in [0.15, 0.2) is 0 Å². The summed E-state index contributed by atoms with van der Waals surface area (Å²) in [5.41, 5.74) is 8.45. The zero-order valence-electron chi connectivity index (χ0n) is 33.5. The second-order valence-electron chi connectivity index (χ2n) is 15.2. The lowest BCUT2D eigenvalue weighted by atomic mass is 9.67. The van der Waals surface area contributed by atoms with Gasteiger partial charge in [-0.05, 0) is 126 Å². The summed E-state index contributed by atoms with van der Waals surface area (Å²) >= 11 is 12.9. The summed E-state index contributed by atoms with van der Waals surface area (Å²) in [4.78, 5) is 0. The van der Waals surface area contributed by atoms with Crippen molar-refractivity contribution in [1.82, 2.24) is 0 Å². The first-order chi connectivity index (χ1) is 26.9. The van der Waals surface area contributed by atoms with E-state index in [9.17, 15) is 20.4 Å². The van der Waals surface area contributed by atoms with Crippen LogP contribution in [-0.2, 0) is 12.8 Å². The van der Waals surface area contributed by atoms with Crippen molar-refractivity contribution in [3.05, 3.63) is 152 Å². The van der Waals surface area contributed by atoms with E-state index in [-0.39, 0.29) is 6.61 Å². The minimum Gasteiger partial charge on any atom is -0.494 e. The number of hydrogen-bond acceptors (Lipinski definition) is 6. The molecule has 6 rings (SSSR count). The fourth-order valence-corrected chi connectivity index (χ4v) is 8.40. The standard InChI is InChI=1S/C26H33ClO.C22H25ClO5/c1-6-21-16-25(19(5)17(3)18(21)4)22-10-13-26(27)23(15-22)14-20-8-11-24(12-9-20)28-7-2;1-2-28-17-6-3-13(4-7-17)9-15-10-14(5-8-19(15)23)18-11-16(12-24)20(25)22(27)21(18)26/h8-13,15-19,25H,6-7,14H2,1-5H3;3-8,10-11,18,20-22,24-27H,2,9,12H2,1H3/t17-,18-,19+,25+;18-,20+,21-,22-/m00/s1. The van der Waals surface area contributed by atoms with Crippen LogP contribution >= 0.6 is 23.2 Å². The Morgan fingerprint density at radius 1 is 0.571 bits per heavy atom. The van der Waals surface area contributed by atoms with Crippen LogP contribution in [0.25, 0.3) is 0 Å². The third kappa shape index (κ3) is 10.5. The highest BCUT2D eigenvalue weighted by Crippen LogP contribution is 2.44. The topological polar surface area (TPSA) is 99.4 Å². The van der Waals surface area contributed by atoms with Gasteiger partial charge >= 0.3 is 0 Å². The molecule has 0 saturated carbocycles. The number of rotatable bonds is 12. The Morgan fingerprint density at radius 3 is 1.48 bits per heavy atom. The highest BCUT2D eigenvalue weighted by molar-refractivity contribution is 6.31. The summed E-state index contributed by atoms with van der Waals surface area (Å²) in [7, 11) is 0. The van der Waals surface area contributed by atoms with E-state index in [0.717, 1.165) is 46.1 Å². The van der Waals surface area contributed by atoms with Crippen LogP contribution in [0.3, 0.4) is 0 Å². The van der Waals surface area contributed by atoms with E-state index in [4.69, 9.17) is 32.7 Å². The van der Waals surface area contributed by atoms with Gasteiger partial charge in [-0.15, -0.1) is 0 Å². The Balaban J connectivity index is 0.000000214. The van der Waals surface area contributed by atoms with Crippen LogP contribution in [-0.4, -0.2) is 58.6 Å². The van der Waals surface area contributed by atoms with Gasteiger partial charge in [-0.3, -0.25) is 0 Å². The van der Waals surface area contributed by atoms with Gasteiger partial charge in [0.25, 0.3) is 0 Å². The van der Waals surface area contributed by atoms with Gasteiger partial charge in [-0.25, -0.2) is 0 Å². The van der Waals surface area contributed by atoms with Gasteiger partial charge in [-0.1, -0.05) is 117 Å². The number of allylic oxidation sites excluding steroid dienone is 2. The number of aliphatic hydroxyl groups is 4. The molecule has 8 heteroatoms. The van der Waals surface area contributed by atoms with E-state index in [1.165, 1.54) is 16.7 Å². The smallest absolute Gasteiger partial charge is 0.119 e. The summed E-state index contributed by atoms with van der Waals surface area (Å²) in [5.74, 6) is 3.65. The maximum absolute atomic E-state index is 10.4. The van der Waals surface area contributed by atoms with Crippen molar-refractivity contribution in [3.63, 3.8) is 0 Å². The zero-order chi connectivity index (χ0) is 40.5. The number of benzene rings is 4. The molecule has 56 heavy (non-hydrogen) atoms. The van der Waals surface area contributed by atoms with E-state index < -0.39 is 24.2 Å². The molecule has 0 fully saturated rings. The van der Waals surface area contributed by atoms with Crippen LogP contribution in [0.4, 0.5) is 0 Å². The maximum Gasteiger partial charge on any atom is 0.119 e. The van der Waals surface area contributed by atoms with Gasteiger partial charge in [-0.2, -0.15) is 0 Å². The Hall–Kier alpha value is -3.62. The van der Waals surface area contributed by atoms with Gasteiger partial charge in [0.2, 0.25) is 0 Å². The molecule has 4 aromatic carbocycles. The second-order valence-corrected chi connectivity index (χ2v) is 16.0. The molecule has 300 valence electrons. The zero-order valence-corrected chi connectivity index (χ0v) is 35.0.